The highest BCUT2D eigenvalue weighted by Gasteiger charge is 2.33. The van der Waals surface area contributed by atoms with E-state index in [0.29, 0.717) is 17.9 Å². The molecule has 32 heavy (non-hydrogen) atoms. The molecule has 4 heteroatoms. The van der Waals surface area contributed by atoms with E-state index in [-0.39, 0.29) is 5.54 Å². The summed E-state index contributed by atoms with van der Waals surface area (Å²) in [7, 11) is 0. The van der Waals surface area contributed by atoms with Crippen molar-refractivity contribution < 1.29 is 0 Å². The molecular weight excluding hydrogens is 435 g/mol. The zero-order valence-electron chi connectivity index (χ0n) is 20.1. The fourth-order valence-corrected chi connectivity index (χ4v) is 6.21. The van der Waals surface area contributed by atoms with Crippen molar-refractivity contribution in [2.45, 2.75) is 76.8 Å². The number of piperidine rings is 2. The molecule has 2 nitrogen and oxygen atoms in total. The fraction of sp³-hybridized carbons (Fsp3) is 0.571. The lowest BCUT2D eigenvalue weighted by molar-refractivity contribution is 0.0865. The summed E-state index contributed by atoms with van der Waals surface area (Å²) in [5.74, 6) is 1.19. The SMILES string of the molecule is CC(C)N1CCC(c2ccc(C(C)(C)N3CCC(c4cccc(Cl)c4)CC3)cc2Cl)CC1. The molecule has 2 aromatic carbocycles. The Morgan fingerprint density at radius 3 is 2.09 bits per heavy atom. The summed E-state index contributed by atoms with van der Waals surface area (Å²) in [5.41, 5.74) is 4.02. The Labute approximate surface area is 204 Å². The largest absolute Gasteiger partial charge is 0.301 e. The van der Waals surface area contributed by atoms with Gasteiger partial charge in [0.15, 0.2) is 0 Å². The van der Waals surface area contributed by atoms with Gasteiger partial charge < -0.3 is 4.90 Å². The van der Waals surface area contributed by atoms with E-state index in [0.717, 1.165) is 23.1 Å². The van der Waals surface area contributed by atoms with Gasteiger partial charge in [-0.05, 0) is 126 Å². The third-order valence-electron chi connectivity index (χ3n) is 8.01. The van der Waals surface area contributed by atoms with Crippen LogP contribution in [0.5, 0.6) is 0 Å². The van der Waals surface area contributed by atoms with Crippen molar-refractivity contribution in [1.29, 1.82) is 0 Å². The summed E-state index contributed by atoms with van der Waals surface area (Å²) in [6, 6.07) is 15.9. The average Bonchev–Trinajstić information content (AvgIpc) is 2.79. The fourth-order valence-electron chi connectivity index (χ4n) is 5.68. The van der Waals surface area contributed by atoms with Crippen LogP contribution in [0.1, 0.15) is 81.9 Å². The second kappa shape index (κ2) is 10.1. The van der Waals surface area contributed by atoms with E-state index in [9.17, 15) is 0 Å². The molecular formula is C28H38Cl2N2. The molecule has 2 aromatic rings. The third-order valence-corrected chi connectivity index (χ3v) is 8.57. The maximum absolute atomic E-state index is 6.88. The molecule has 2 heterocycles. The number of halogens is 2. The van der Waals surface area contributed by atoms with Crippen molar-refractivity contribution in [3.05, 3.63) is 69.2 Å². The van der Waals surface area contributed by atoms with E-state index in [1.807, 2.05) is 6.07 Å². The van der Waals surface area contributed by atoms with Crippen LogP contribution in [0.3, 0.4) is 0 Å². The second-order valence-corrected chi connectivity index (χ2v) is 11.4. The summed E-state index contributed by atoms with van der Waals surface area (Å²) in [6.45, 7) is 13.8. The van der Waals surface area contributed by atoms with Crippen LogP contribution in [0.2, 0.25) is 10.0 Å². The normalized spacial score (nSPS) is 20.2. The summed E-state index contributed by atoms with van der Waals surface area (Å²) in [4.78, 5) is 5.20. The van der Waals surface area contributed by atoms with Gasteiger partial charge in [0, 0.05) is 21.6 Å². The molecule has 0 aromatic heterocycles. The molecule has 2 saturated heterocycles. The molecule has 2 aliphatic heterocycles. The quantitative estimate of drug-likeness (QED) is 0.439. The minimum absolute atomic E-state index is 0.0253. The van der Waals surface area contributed by atoms with Gasteiger partial charge in [0.2, 0.25) is 0 Å². The van der Waals surface area contributed by atoms with Crippen LogP contribution in [-0.2, 0) is 5.54 Å². The monoisotopic (exact) mass is 472 g/mol. The molecule has 0 N–H and O–H groups in total. The molecule has 0 spiro atoms. The Balaban J connectivity index is 1.41. The first kappa shape index (κ1) is 24.1. The van der Waals surface area contributed by atoms with E-state index in [4.69, 9.17) is 23.2 Å². The third kappa shape index (κ3) is 5.20. The molecule has 0 amide bonds. The van der Waals surface area contributed by atoms with Crippen molar-refractivity contribution in [3.63, 3.8) is 0 Å². The summed E-state index contributed by atoms with van der Waals surface area (Å²) < 4.78 is 0. The molecule has 0 aliphatic carbocycles. The molecule has 0 atom stereocenters. The van der Waals surface area contributed by atoms with Gasteiger partial charge in [-0.1, -0.05) is 47.5 Å². The topological polar surface area (TPSA) is 6.48 Å². The van der Waals surface area contributed by atoms with Gasteiger partial charge in [0.1, 0.15) is 0 Å². The van der Waals surface area contributed by atoms with Crippen LogP contribution in [0.4, 0.5) is 0 Å². The van der Waals surface area contributed by atoms with E-state index in [2.05, 4.69) is 73.9 Å². The number of likely N-dealkylation sites (tertiary alicyclic amines) is 2. The molecule has 0 radical (unpaired) electrons. The number of hydrogen-bond acceptors (Lipinski definition) is 2. The summed E-state index contributed by atoms with van der Waals surface area (Å²) in [6.07, 6.45) is 4.75. The van der Waals surface area contributed by atoms with Gasteiger partial charge >= 0.3 is 0 Å². The van der Waals surface area contributed by atoms with Gasteiger partial charge in [0.25, 0.3) is 0 Å². The molecule has 4 rings (SSSR count). The van der Waals surface area contributed by atoms with E-state index in [1.54, 1.807) is 0 Å². The van der Waals surface area contributed by atoms with Crippen LogP contribution < -0.4 is 0 Å². The number of nitrogens with zero attached hydrogens (tertiary/aromatic N) is 2. The van der Waals surface area contributed by atoms with Gasteiger partial charge in [-0.2, -0.15) is 0 Å². The first-order valence-electron chi connectivity index (χ1n) is 12.3. The molecule has 174 valence electrons. The van der Waals surface area contributed by atoms with Crippen LogP contribution >= 0.6 is 23.2 Å². The molecule has 2 aliphatic rings. The van der Waals surface area contributed by atoms with Crippen molar-refractivity contribution >= 4 is 23.2 Å². The number of hydrogen-bond donors (Lipinski definition) is 0. The smallest absolute Gasteiger partial charge is 0.0444 e. The van der Waals surface area contributed by atoms with Crippen molar-refractivity contribution in [2.24, 2.45) is 0 Å². The van der Waals surface area contributed by atoms with E-state index >= 15 is 0 Å². The van der Waals surface area contributed by atoms with Crippen molar-refractivity contribution in [3.8, 4) is 0 Å². The van der Waals surface area contributed by atoms with Gasteiger partial charge in [-0.25, -0.2) is 0 Å². The zero-order valence-corrected chi connectivity index (χ0v) is 21.6. The lowest BCUT2D eigenvalue weighted by Crippen LogP contribution is -2.45. The van der Waals surface area contributed by atoms with Gasteiger partial charge in [-0.3, -0.25) is 4.90 Å². The Kier molecular flexibility index (Phi) is 7.56. The number of benzene rings is 2. The molecule has 2 fully saturated rings. The lowest BCUT2D eigenvalue weighted by atomic mass is 9.83. The average molecular weight is 474 g/mol. The number of rotatable bonds is 5. The van der Waals surface area contributed by atoms with E-state index in [1.165, 1.54) is 55.5 Å². The molecule has 0 unspecified atom stereocenters. The maximum Gasteiger partial charge on any atom is 0.0444 e. The second-order valence-electron chi connectivity index (χ2n) is 10.5. The van der Waals surface area contributed by atoms with Gasteiger partial charge in [-0.15, -0.1) is 0 Å². The predicted octanol–water partition coefficient (Wildman–Crippen LogP) is 7.70. The lowest BCUT2D eigenvalue weighted by Gasteiger charge is -2.43. The first-order chi connectivity index (χ1) is 15.3. The van der Waals surface area contributed by atoms with Gasteiger partial charge in [0.05, 0.1) is 0 Å². The molecule has 0 bridgehead atoms. The van der Waals surface area contributed by atoms with Crippen LogP contribution in [-0.4, -0.2) is 42.0 Å². The van der Waals surface area contributed by atoms with Crippen LogP contribution in [0, 0.1) is 0 Å². The Hall–Kier alpha value is -1.06. The Bertz CT molecular complexity index is 907. The highest BCUT2D eigenvalue weighted by Crippen LogP contribution is 2.39. The van der Waals surface area contributed by atoms with Crippen molar-refractivity contribution in [1.82, 2.24) is 9.80 Å². The predicted molar refractivity (Wildman–Crippen MR) is 138 cm³/mol. The first-order valence-corrected chi connectivity index (χ1v) is 13.1. The minimum Gasteiger partial charge on any atom is -0.301 e. The maximum atomic E-state index is 6.88. The standard InChI is InChI=1S/C28H38Cl2N2/c1-20(2)31-14-10-22(11-15-31)26-9-8-24(19-27(26)30)28(3,4)32-16-12-21(13-17-32)23-6-5-7-25(29)18-23/h5-9,18-22H,10-17H2,1-4H3. The van der Waals surface area contributed by atoms with E-state index < -0.39 is 0 Å². The Morgan fingerprint density at radius 1 is 0.844 bits per heavy atom. The van der Waals surface area contributed by atoms with Crippen molar-refractivity contribution in [2.75, 3.05) is 26.2 Å². The van der Waals surface area contributed by atoms with Crippen LogP contribution in [0.25, 0.3) is 0 Å². The zero-order chi connectivity index (χ0) is 22.9. The highest BCUT2D eigenvalue weighted by atomic mass is 35.5. The summed E-state index contributed by atoms with van der Waals surface area (Å²) in [5, 5.41) is 1.79. The van der Waals surface area contributed by atoms with Crippen LogP contribution in [0.15, 0.2) is 42.5 Å². The Morgan fingerprint density at radius 2 is 1.50 bits per heavy atom. The highest BCUT2D eigenvalue weighted by molar-refractivity contribution is 6.31. The summed E-state index contributed by atoms with van der Waals surface area (Å²) >= 11 is 13.1. The molecule has 0 saturated carbocycles. The minimum atomic E-state index is -0.0253.